The van der Waals surface area contributed by atoms with Crippen molar-refractivity contribution in [1.29, 1.82) is 0 Å². The zero-order valence-electron chi connectivity index (χ0n) is 12.2. The van der Waals surface area contributed by atoms with Gasteiger partial charge in [0.25, 0.3) is 0 Å². The van der Waals surface area contributed by atoms with E-state index in [1.165, 1.54) is 16.0 Å². The zero-order chi connectivity index (χ0) is 14.4. The Labute approximate surface area is 131 Å². The molecule has 0 radical (unpaired) electrons. The summed E-state index contributed by atoms with van der Waals surface area (Å²) in [7, 11) is 0. The molecule has 1 aromatic heterocycles. The van der Waals surface area contributed by atoms with Crippen LogP contribution >= 0.6 is 22.9 Å². The summed E-state index contributed by atoms with van der Waals surface area (Å²) in [5.74, 6) is 0. The number of benzene rings is 1. The number of hydrogen-bond acceptors (Lipinski definition) is 2. The van der Waals surface area contributed by atoms with Gasteiger partial charge in [0.2, 0.25) is 0 Å². The summed E-state index contributed by atoms with van der Waals surface area (Å²) in [5, 5.41) is 6.70. The minimum atomic E-state index is 0.392. The van der Waals surface area contributed by atoms with Crippen LogP contribution in [0, 0.1) is 0 Å². The lowest BCUT2D eigenvalue weighted by Gasteiger charge is -2.19. The summed E-state index contributed by atoms with van der Waals surface area (Å²) < 4.78 is 0. The molecular weight excluding hydrogens is 286 g/mol. The largest absolute Gasteiger partial charge is 0.309 e. The molecule has 0 bridgehead atoms. The number of halogens is 1. The van der Waals surface area contributed by atoms with Crippen LogP contribution in [0.2, 0.25) is 5.02 Å². The average molecular weight is 308 g/mol. The lowest BCUT2D eigenvalue weighted by atomic mass is 10.0. The molecule has 1 unspecified atom stereocenters. The average Bonchev–Trinajstić information content (AvgIpc) is 2.92. The highest BCUT2D eigenvalue weighted by Crippen LogP contribution is 2.28. The lowest BCUT2D eigenvalue weighted by Crippen LogP contribution is -2.24. The first-order chi connectivity index (χ1) is 9.74. The highest BCUT2D eigenvalue weighted by molar-refractivity contribution is 7.10. The molecule has 1 aromatic carbocycles. The van der Waals surface area contributed by atoms with Gasteiger partial charge in [-0.1, -0.05) is 37.6 Å². The van der Waals surface area contributed by atoms with Crippen LogP contribution < -0.4 is 5.32 Å². The van der Waals surface area contributed by atoms with Gasteiger partial charge in [0.1, 0.15) is 0 Å². The third-order valence-corrected chi connectivity index (χ3v) is 4.76. The second kappa shape index (κ2) is 7.82. The van der Waals surface area contributed by atoms with Gasteiger partial charge in [-0.3, -0.25) is 0 Å². The van der Waals surface area contributed by atoms with Gasteiger partial charge >= 0.3 is 0 Å². The van der Waals surface area contributed by atoms with E-state index in [-0.39, 0.29) is 0 Å². The van der Waals surface area contributed by atoms with Crippen LogP contribution in [-0.2, 0) is 12.8 Å². The fourth-order valence-corrected chi connectivity index (χ4v) is 3.71. The molecule has 20 heavy (non-hydrogen) atoms. The molecule has 108 valence electrons. The van der Waals surface area contributed by atoms with Gasteiger partial charge in [0.05, 0.1) is 0 Å². The van der Waals surface area contributed by atoms with Gasteiger partial charge in [-0.25, -0.2) is 0 Å². The molecule has 1 atom stereocenters. The van der Waals surface area contributed by atoms with Crippen molar-refractivity contribution >= 4 is 22.9 Å². The molecule has 0 saturated carbocycles. The highest BCUT2D eigenvalue weighted by atomic mass is 35.5. The SMILES string of the molecule is CCCNC(Cc1cccc(Cl)c1)c1sccc1CC. The van der Waals surface area contributed by atoms with Crippen LogP contribution in [0.1, 0.15) is 42.3 Å². The molecule has 2 aromatic rings. The Morgan fingerprint density at radius 1 is 1.25 bits per heavy atom. The van der Waals surface area contributed by atoms with Gasteiger partial charge < -0.3 is 5.32 Å². The van der Waals surface area contributed by atoms with E-state index in [4.69, 9.17) is 11.6 Å². The molecule has 1 heterocycles. The van der Waals surface area contributed by atoms with Crippen molar-refractivity contribution in [2.75, 3.05) is 6.54 Å². The zero-order valence-corrected chi connectivity index (χ0v) is 13.7. The fraction of sp³-hybridized carbons (Fsp3) is 0.412. The van der Waals surface area contributed by atoms with E-state index >= 15 is 0 Å². The standard InChI is InChI=1S/C17H22ClNS/c1-3-9-19-16(17-14(4-2)8-10-20-17)12-13-6-5-7-15(18)11-13/h5-8,10-11,16,19H,3-4,9,12H2,1-2H3. The molecular formula is C17H22ClNS. The van der Waals surface area contributed by atoms with Crippen molar-refractivity contribution in [1.82, 2.24) is 5.32 Å². The normalized spacial score (nSPS) is 12.6. The van der Waals surface area contributed by atoms with E-state index in [9.17, 15) is 0 Å². The maximum atomic E-state index is 6.10. The molecule has 0 saturated heterocycles. The van der Waals surface area contributed by atoms with Crippen molar-refractivity contribution < 1.29 is 0 Å². The summed E-state index contributed by atoms with van der Waals surface area (Å²) in [5.41, 5.74) is 2.76. The molecule has 0 amide bonds. The van der Waals surface area contributed by atoms with Crippen LogP contribution in [0.25, 0.3) is 0 Å². The Morgan fingerprint density at radius 3 is 2.80 bits per heavy atom. The Kier molecular flexibility index (Phi) is 6.08. The van der Waals surface area contributed by atoms with Gasteiger partial charge in [-0.05, 0) is 60.5 Å². The Morgan fingerprint density at radius 2 is 2.10 bits per heavy atom. The molecule has 1 nitrogen and oxygen atoms in total. The topological polar surface area (TPSA) is 12.0 Å². The number of hydrogen-bond donors (Lipinski definition) is 1. The summed E-state index contributed by atoms with van der Waals surface area (Å²) in [6.07, 6.45) is 3.24. The van der Waals surface area contributed by atoms with Gasteiger partial charge in [-0.15, -0.1) is 11.3 Å². The summed E-state index contributed by atoms with van der Waals surface area (Å²) in [4.78, 5) is 1.47. The minimum Gasteiger partial charge on any atom is -0.309 e. The van der Waals surface area contributed by atoms with Gasteiger partial charge in [0, 0.05) is 15.9 Å². The number of nitrogens with one attached hydrogen (secondary N) is 1. The second-order valence-corrected chi connectivity index (χ2v) is 6.39. The molecule has 0 spiro atoms. The molecule has 3 heteroatoms. The van der Waals surface area contributed by atoms with E-state index in [0.717, 1.165) is 30.8 Å². The molecule has 0 aliphatic rings. The quantitative estimate of drug-likeness (QED) is 0.737. The number of aryl methyl sites for hydroxylation is 1. The molecule has 0 aliphatic carbocycles. The summed E-state index contributed by atoms with van der Waals surface area (Å²) in [6.45, 7) is 5.48. The highest BCUT2D eigenvalue weighted by Gasteiger charge is 2.16. The fourth-order valence-electron chi connectivity index (χ4n) is 2.42. The second-order valence-electron chi connectivity index (χ2n) is 5.00. The molecule has 0 fully saturated rings. The minimum absolute atomic E-state index is 0.392. The lowest BCUT2D eigenvalue weighted by molar-refractivity contribution is 0.533. The summed E-state index contributed by atoms with van der Waals surface area (Å²) >= 11 is 7.96. The summed E-state index contributed by atoms with van der Waals surface area (Å²) in [6, 6.07) is 10.8. The first-order valence-electron chi connectivity index (χ1n) is 7.28. The third-order valence-electron chi connectivity index (χ3n) is 3.45. The van der Waals surface area contributed by atoms with Crippen molar-refractivity contribution in [3.8, 4) is 0 Å². The monoisotopic (exact) mass is 307 g/mol. The third kappa shape index (κ3) is 4.08. The predicted octanol–water partition coefficient (Wildman–Crippen LogP) is 5.25. The predicted molar refractivity (Wildman–Crippen MR) is 89.9 cm³/mol. The first-order valence-corrected chi connectivity index (χ1v) is 8.54. The van der Waals surface area contributed by atoms with Crippen LogP contribution in [-0.4, -0.2) is 6.54 Å². The van der Waals surface area contributed by atoms with Crippen molar-refractivity contribution in [3.63, 3.8) is 0 Å². The van der Waals surface area contributed by atoms with Crippen LogP contribution in [0.3, 0.4) is 0 Å². The molecule has 1 N–H and O–H groups in total. The Hall–Kier alpha value is -0.830. The molecule has 0 aliphatic heterocycles. The molecule has 2 rings (SSSR count). The van der Waals surface area contributed by atoms with E-state index in [1.807, 2.05) is 23.5 Å². The number of thiophene rings is 1. The van der Waals surface area contributed by atoms with Gasteiger partial charge in [-0.2, -0.15) is 0 Å². The van der Waals surface area contributed by atoms with Crippen molar-refractivity contribution in [2.24, 2.45) is 0 Å². The van der Waals surface area contributed by atoms with E-state index in [2.05, 4.69) is 42.7 Å². The van der Waals surface area contributed by atoms with E-state index in [1.54, 1.807) is 0 Å². The van der Waals surface area contributed by atoms with Gasteiger partial charge in [0.15, 0.2) is 0 Å². The number of rotatable bonds is 7. The van der Waals surface area contributed by atoms with E-state index in [0.29, 0.717) is 6.04 Å². The Bertz CT molecular complexity index is 535. The smallest absolute Gasteiger partial charge is 0.0458 e. The van der Waals surface area contributed by atoms with Crippen LogP contribution in [0.15, 0.2) is 35.7 Å². The van der Waals surface area contributed by atoms with Crippen LogP contribution in [0.4, 0.5) is 0 Å². The maximum Gasteiger partial charge on any atom is 0.0458 e. The van der Waals surface area contributed by atoms with Crippen LogP contribution in [0.5, 0.6) is 0 Å². The first kappa shape index (κ1) is 15.6. The van der Waals surface area contributed by atoms with E-state index < -0.39 is 0 Å². The van der Waals surface area contributed by atoms with Crippen molar-refractivity contribution in [3.05, 3.63) is 56.7 Å². The maximum absolute atomic E-state index is 6.10. The Balaban J connectivity index is 2.19. The van der Waals surface area contributed by atoms with Crippen molar-refractivity contribution in [2.45, 2.75) is 39.2 Å².